The zero-order valence-electron chi connectivity index (χ0n) is 16.4. The van der Waals surface area contributed by atoms with Crippen LogP contribution >= 0.6 is 35.7 Å². The lowest BCUT2D eigenvalue weighted by Gasteiger charge is -2.29. The van der Waals surface area contributed by atoms with Crippen molar-refractivity contribution in [3.05, 3.63) is 0 Å². The van der Waals surface area contributed by atoms with Gasteiger partial charge >= 0.3 is 0 Å². The number of aliphatic imine (C=N–C) groups is 1. The summed E-state index contributed by atoms with van der Waals surface area (Å²) in [5.41, 5.74) is 0. The Morgan fingerprint density at radius 3 is 2.70 bits per heavy atom. The van der Waals surface area contributed by atoms with E-state index in [2.05, 4.69) is 26.6 Å². The summed E-state index contributed by atoms with van der Waals surface area (Å²) in [5, 5.41) is 7.26. The highest BCUT2D eigenvalue weighted by Crippen LogP contribution is 2.26. The molecule has 1 heterocycles. The maximum Gasteiger partial charge on any atom is 0.213 e. The van der Waals surface area contributed by atoms with Gasteiger partial charge in [0.2, 0.25) is 10.0 Å². The number of hydrogen-bond donors (Lipinski definition) is 3. The van der Waals surface area contributed by atoms with Gasteiger partial charge in [-0.15, -0.1) is 24.0 Å². The predicted molar refractivity (Wildman–Crippen MR) is 125 cm³/mol. The fourth-order valence-electron chi connectivity index (χ4n) is 3.44. The summed E-state index contributed by atoms with van der Waals surface area (Å²) >= 11 is 1.92. The summed E-state index contributed by atoms with van der Waals surface area (Å²) in [7, 11) is -1.59. The second kappa shape index (κ2) is 13.4. The molecule has 10 heteroatoms. The van der Waals surface area contributed by atoms with Gasteiger partial charge in [-0.25, -0.2) is 13.1 Å². The van der Waals surface area contributed by atoms with E-state index in [-0.39, 0.29) is 35.8 Å². The quantitative estimate of drug-likeness (QED) is 0.251. The lowest BCUT2D eigenvalue weighted by atomic mass is 9.95. The number of ether oxygens (including phenoxy) is 1. The Balaban J connectivity index is 0.00000364. The molecule has 2 rings (SSSR count). The fraction of sp³-hybridized carbons (Fsp3) is 0.941. The topological polar surface area (TPSA) is 91.8 Å². The summed E-state index contributed by atoms with van der Waals surface area (Å²) < 4.78 is 32.5. The van der Waals surface area contributed by atoms with Gasteiger partial charge in [-0.1, -0.05) is 6.42 Å². The van der Waals surface area contributed by atoms with E-state index in [9.17, 15) is 8.42 Å². The molecular formula is C17H35IN4O3S2. The first kappa shape index (κ1) is 25.3. The van der Waals surface area contributed by atoms with Crippen molar-refractivity contribution in [1.82, 2.24) is 15.4 Å². The van der Waals surface area contributed by atoms with Crippen molar-refractivity contribution >= 4 is 51.7 Å². The van der Waals surface area contributed by atoms with E-state index < -0.39 is 10.0 Å². The minimum absolute atomic E-state index is 0. The molecule has 0 amide bonds. The molecule has 1 saturated heterocycles. The summed E-state index contributed by atoms with van der Waals surface area (Å²) in [6.07, 6.45) is 10.0. The third kappa shape index (κ3) is 10.00. The maximum absolute atomic E-state index is 12.1. The molecule has 0 aromatic carbocycles. The number of hydrogen-bond acceptors (Lipinski definition) is 5. The highest BCUT2D eigenvalue weighted by Gasteiger charge is 2.22. The van der Waals surface area contributed by atoms with Crippen LogP contribution in [0, 0.1) is 0 Å². The van der Waals surface area contributed by atoms with Crippen LogP contribution in [-0.4, -0.2) is 70.5 Å². The van der Waals surface area contributed by atoms with Gasteiger partial charge in [-0.3, -0.25) is 4.99 Å². The molecule has 3 N–H and O–H groups in total. The third-order valence-electron chi connectivity index (χ3n) is 4.99. The normalized spacial score (nSPS) is 26.9. The smallest absolute Gasteiger partial charge is 0.213 e. The molecule has 160 valence electrons. The Labute approximate surface area is 185 Å². The first-order valence-electron chi connectivity index (χ1n) is 9.61. The molecule has 1 aliphatic heterocycles. The second-order valence-electron chi connectivity index (χ2n) is 7.02. The van der Waals surface area contributed by atoms with Crippen LogP contribution in [0.2, 0.25) is 0 Å². The third-order valence-corrected chi connectivity index (χ3v) is 7.43. The van der Waals surface area contributed by atoms with Crippen LogP contribution in [-0.2, 0) is 14.8 Å². The Kier molecular flexibility index (Phi) is 12.6. The first-order valence-corrected chi connectivity index (χ1v) is 12.6. The van der Waals surface area contributed by atoms with Crippen LogP contribution in [0.5, 0.6) is 0 Å². The van der Waals surface area contributed by atoms with Crippen molar-refractivity contribution < 1.29 is 13.2 Å². The molecule has 0 aromatic heterocycles. The van der Waals surface area contributed by atoms with Gasteiger partial charge in [0.25, 0.3) is 0 Å². The van der Waals surface area contributed by atoms with E-state index in [1.807, 2.05) is 11.8 Å². The van der Waals surface area contributed by atoms with E-state index >= 15 is 0 Å². The van der Waals surface area contributed by atoms with Gasteiger partial charge in [-0.05, 0) is 44.8 Å². The van der Waals surface area contributed by atoms with Gasteiger partial charge in [0.15, 0.2) is 5.96 Å². The van der Waals surface area contributed by atoms with Crippen molar-refractivity contribution in [2.45, 2.75) is 62.3 Å². The van der Waals surface area contributed by atoms with Crippen LogP contribution in [0.3, 0.4) is 0 Å². The van der Waals surface area contributed by atoms with Crippen LogP contribution in [0.4, 0.5) is 0 Å². The number of nitrogens with zero attached hydrogens (tertiary/aromatic N) is 1. The summed E-state index contributed by atoms with van der Waals surface area (Å²) in [6, 6.07) is 0.408. The number of rotatable bonds is 8. The van der Waals surface area contributed by atoms with Crippen LogP contribution in [0.1, 0.15) is 44.9 Å². The Hall–Kier alpha value is 0.220. The molecule has 1 aliphatic carbocycles. The maximum atomic E-state index is 12.1. The van der Waals surface area contributed by atoms with Crippen molar-refractivity contribution in [3.8, 4) is 0 Å². The zero-order valence-corrected chi connectivity index (χ0v) is 20.4. The largest absolute Gasteiger partial charge is 0.377 e. The Morgan fingerprint density at radius 1 is 1.22 bits per heavy atom. The van der Waals surface area contributed by atoms with E-state index in [0.29, 0.717) is 30.3 Å². The van der Waals surface area contributed by atoms with Crippen LogP contribution in [0.25, 0.3) is 0 Å². The van der Waals surface area contributed by atoms with Crippen molar-refractivity contribution in [2.24, 2.45) is 4.99 Å². The van der Waals surface area contributed by atoms with E-state index in [1.54, 1.807) is 7.05 Å². The number of nitrogens with one attached hydrogen (secondary N) is 3. The summed E-state index contributed by atoms with van der Waals surface area (Å²) in [5.74, 6) is 0.709. The van der Waals surface area contributed by atoms with Gasteiger partial charge in [0.1, 0.15) is 0 Å². The lowest BCUT2D eigenvalue weighted by Crippen LogP contribution is -2.47. The standard InChI is InChI=1S/C17H34N4O3S2.HI/c1-18-17(21-14-6-5-8-16(12-14)25-2)19-9-11-26(22,23)20-13-15-7-3-4-10-24-15;/h14-16,20H,3-13H2,1-2H3,(H2,18,19,21);1H. The minimum Gasteiger partial charge on any atom is -0.377 e. The van der Waals surface area contributed by atoms with Gasteiger partial charge in [0, 0.05) is 38.0 Å². The van der Waals surface area contributed by atoms with Crippen LogP contribution in [0.15, 0.2) is 4.99 Å². The molecule has 2 aliphatic rings. The van der Waals surface area contributed by atoms with Gasteiger partial charge in [-0.2, -0.15) is 11.8 Å². The molecule has 7 nitrogen and oxygen atoms in total. The predicted octanol–water partition coefficient (Wildman–Crippen LogP) is 1.93. The molecule has 2 fully saturated rings. The minimum atomic E-state index is -3.31. The first-order chi connectivity index (χ1) is 12.5. The molecule has 0 radical (unpaired) electrons. The molecular weight excluding hydrogens is 499 g/mol. The van der Waals surface area contributed by atoms with E-state index in [0.717, 1.165) is 38.7 Å². The zero-order chi connectivity index (χ0) is 18.8. The van der Waals surface area contributed by atoms with E-state index in [1.165, 1.54) is 12.8 Å². The summed E-state index contributed by atoms with van der Waals surface area (Å²) in [4.78, 5) is 4.22. The number of thioether (sulfide) groups is 1. The SMILES string of the molecule is CN=C(NCCS(=O)(=O)NCC1CCCCO1)NC1CCCC(SC)C1.I. The highest BCUT2D eigenvalue weighted by molar-refractivity contribution is 14.0. The average molecular weight is 535 g/mol. The highest BCUT2D eigenvalue weighted by atomic mass is 127. The molecule has 3 unspecified atom stereocenters. The number of guanidine groups is 1. The molecule has 1 saturated carbocycles. The molecule has 3 atom stereocenters. The second-order valence-corrected chi connectivity index (χ2v) is 10.1. The molecule has 0 spiro atoms. The molecule has 0 bridgehead atoms. The van der Waals surface area contributed by atoms with Crippen molar-refractivity contribution in [2.75, 3.05) is 38.8 Å². The number of sulfonamides is 1. The molecule has 0 aromatic rings. The number of halogens is 1. The lowest BCUT2D eigenvalue weighted by molar-refractivity contribution is 0.0200. The Bertz CT molecular complexity index is 542. The summed E-state index contributed by atoms with van der Waals surface area (Å²) in [6.45, 7) is 1.43. The monoisotopic (exact) mass is 534 g/mol. The Morgan fingerprint density at radius 2 is 2.04 bits per heavy atom. The van der Waals surface area contributed by atoms with Crippen molar-refractivity contribution in [3.63, 3.8) is 0 Å². The van der Waals surface area contributed by atoms with Crippen molar-refractivity contribution in [1.29, 1.82) is 0 Å². The average Bonchev–Trinajstić information content (AvgIpc) is 2.66. The van der Waals surface area contributed by atoms with Gasteiger partial charge < -0.3 is 15.4 Å². The molecule has 27 heavy (non-hydrogen) atoms. The van der Waals surface area contributed by atoms with E-state index in [4.69, 9.17) is 4.74 Å². The van der Waals surface area contributed by atoms with Crippen LogP contribution < -0.4 is 15.4 Å². The fourth-order valence-corrected chi connectivity index (χ4v) is 5.22. The van der Waals surface area contributed by atoms with Gasteiger partial charge in [0.05, 0.1) is 11.9 Å².